The molecule has 0 spiro atoms. The van der Waals surface area contributed by atoms with E-state index in [2.05, 4.69) is 10.6 Å². The van der Waals surface area contributed by atoms with Gasteiger partial charge in [0.15, 0.2) is 0 Å². The predicted molar refractivity (Wildman–Crippen MR) is 98.0 cm³/mol. The zero-order chi connectivity index (χ0) is 19.0. The fourth-order valence-electron chi connectivity index (χ4n) is 2.26. The second-order valence-corrected chi connectivity index (χ2v) is 6.75. The van der Waals surface area contributed by atoms with Gasteiger partial charge in [0.1, 0.15) is 6.04 Å². The van der Waals surface area contributed by atoms with Gasteiger partial charge in [-0.3, -0.25) is 9.59 Å². The van der Waals surface area contributed by atoms with E-state index in [0.29, 0.717) is 24.9 Å². The monoisotopic (exact) mass is 368 g/mol. The first-order valence-electron chi connectivity index (χ1n) is 8.37. The number of hydrogen-bond acceptors (Lipinski definition) is 3. The van der Waals surface area contributed by atoms with Crippen molar-refractivity contribution in [3.8, 4) is 0 Å². The summed E-state index contributed by atoms with van der Waals surface area (Å²) in [5.41, 5.74) is 0.576. The van der Waals surface area contributed by atoms with Gasteiger partial charge in [-0.2, -0.15) is 0 Å². The molecule has 0 saturated carbocycles. The number of rotatable bonds is 9. The van der Waals surface area contributed by atoms with Crippen molar-refractivity contribution >= 4 is 35.1 Å². The number of halogens is 1. The van der Waals surface area contributed by atoms with Crippen molar-refractivity contribution in [2.45, 2.75) is 52.5 Å². The number of carboxylic acids is 1. The molecular formula is C18H25ClN2O4. The Balaban J connectivity index is 2.88. The first-order valence-corrected chi connectivity index (χ1v) is 8.75. The molecule has 0 bridgehead atoms. The molecule has 0 aliphatic rings. The predicted octanol–water partition coefficient (Wildman–Crippen LogP) is 3.70. The van der Waals surface area contributed by atoms with E-state index in [1.165, 1.54) is 12.1 Å². The van der Waals surface area contributed by atoms with Crippen molar-refractivity contribution in [3.05, 3.63) is 28.8 Å². The molecule has 2 amide bonds. The van der Waals surface area contributed by atoms with Crippen molar-refractivity contribution in [2.24, 2.45) is 5.92 Å². The topological polar surface area (TPSA) is 95.5 Å². The highest BCUT2D eigenvalue weighted by molar-refractivity contribution is 6.34. The molecule has 3 N–H and O–H groups in total. The van der Waals surface area contributed by atoms with Crippen molar-refractivity contribution in [1.82, 2.24) is 5.32 Å². The summed E-state index contributed by atoms with van der Waals surface area (Å²) in [6.45, 7) is 5.81. The van der Waals surface area contributed by atoms with Crippen LogP contribution in [0.25, 0.3) is 0 Å². The van der Waals surface area contributed by atoms with Crippen LogP contribution in [0.5, 0.6) is 0 Å². The van der Waals surface area contributed by atoms with Crippen LogP contribution < -0.4 is 10.6 Å². The van der Waals surface area contributed by atoms with E-state index in [4.69, 9.17) is 11.6 Å². The fourth-order valence-corrected chi connectivity index (χ4v) is 2.46. The highest BCUT2D eigenvalue weighted by Crippen LogP contribution is 2.21. The average Bonchev–Trinajstić information content (AvgIpc) is 2.51. The number of carboxylic acid groups (broad SMARTS) is 1. The van der Waals surface area contributed by atoms with Crippen LogP contribution in [0.4, 0.5) is 5.69 Å². The van der Waals surface area contributed by atoms with Gasteiger partial charge in [-0.15, -0.1) is 0 Å². The second kappa shape index (κ2) is 10.0. The third kappa shape index (κ3) is 7.13. The minimum Gasteiger partial charge on any atom is -0.480 e. The largest absolute Gasteiger partial charge is 0.480 e. The van der Waals surface area contributed by atoms with Gasteiger partial charge < -0.3 is 15.7 Å². The Hall–Kier alpha value is -2.08. The highest BCUT2D eigenvalue weighted by atomic mass is 35.5. The molecule has 1 aromatic carbocycles. The molecule has 138 valence electrons. The van der Waals surface area contributed by atoms with Gasteiger partial charge >= 0.3 is 5.97 Å². The molecule has 1 atom stereocenters. The van der Waals surface area contributed by atoms with E-state index < -0.39 is 17.9 Å². The molecule has 0 aromatic heterocycles. The summed E-state index contributed by atoms with van der Waals surface area (Å²) in [5.74, 6) is -1.60. The summed E-state index contributed by atoms with van der Waals surface area (Å²) in [6, 6.07) is 3.59. The Morgan fingerprint density at radius 2 is 1.92 bits per heavy atom. The van der Waals surface area contributed by atoms with Crippen LogP contribution in [0.1, 0.15) is 56.8 Å². The smallest absolute Gasteiger partial charge is 0.326 e. The van der Waals surface area contributed by atoms with Crippen LogP contribution in [0.2, 0.25) is 5.02 Å². The van der Waals surface area contributed by atoms with Crippen molar-refractivity contribution in [2.75, 3.05) is 5.32 Å². The lowest BCUT2D eigenvalue weighted by molar-refractivity contribution is -0.139. The number of carbonyl (C=O) groups excluding carboxylic acids is 2. The molecular weight excluding hydrogens is 344 g/mol. The average molecular weight is 369 g/mol. The molecule has 0 fully saturated rings. The summed E-state index contributed by atoms with van der Waals surface area (Å²) < 4.78 is 0. The Labute approximate surface area is 152 Å². The molecule has 25 heavy (non-hydrogen) atoms. The van der Waals surface area contributed by atoms with Crippen LogP contribution in [0.3, 0.4) is 0 Å². The summed E-state index contributed by atoms with van der Waals surface area (Å²) in [5, 5.41) is 14.6. The third-order valence-electron chi connectivity index (χ3n) is 3.54. The molecule has 0 saturated heterocycles. The third-order valence-corrected chi connectivity index (χ3v) is 3.87. The lowest BCUT2D eigenvalue weighted by Gasteiger charge is -2.15. The standard InChI is InChI=1S/C18H25ClN2O4/c1-4-5-6-15(18(24)25)21-17(23)13-10-12(7-8-14(13)19)20-16(22)9-11(2)3/h7-8,10-11,15H,4-6,9H2,1-3H3,(H,20,22)(H,21,23)(H,24,25)/t15-/m0/s1. The zero-order valence-corrected chi connectivity index (χ0v) is 15.5. The molecule has 0 radical (unpaired) electrons. The van der Waals surface area contributed by atoms with Gasteiger partial charge in [0.05, 0.1) is 10.6 Å². The van der Waals surface area contributed by atoms with Crippen molar-refractivity contribution in [3.63, 3.8) is 0 Å². The Morgan fingerprint density at radius 1 is 1.24 bits per heavy atom. The van der Waals surface area contributed by atoms with E-state index in [0.717, 1.165) is 6.42 Å². The Kier molecular flexibility index (Phi) is 8.41. The van der Waals surface area contributed by atoms with Crippen LogP contribution in [0, 0.1) is 5.92 Å². The normalized spacial score (nSPS) is 11.9. The Bertz CT molecular complexity index is 632. The first-order chi connectivity index (χ1) is 11.7. The molecule has 6 nitrogen and oxygen atoms in total. The molecule has 0 heterocycles. The number of amides is 2. The van der Waals surface area contributed by atoms with Crippen LogP contribution >= 0.6 is 11.6 Å². The molecule has 1 aromatic rings. The van der Waals surface area contributed by atoms with Gasteiger partial charge in [0.2, 0.25) is 5.91 Å². The number of benzene rings is 1. The molecule has 1 rings (SSSR count). The quantitative estimate of drug-likeness (QED) is 0.619. The van der Waals surface area contributed by atoms with Gasteiger partial charge in [0, 0.05) is 12.1 Å². The molecule has 7 heteroatoms. The molecule has 0 aliphatic heterocycles. The van der Waals surface area contributed by atoms with Gasteiger partial charge in [0.25, 0.3) is 5.91 Å². The van der Waals surface area contributed by atoms with Gasteiger partial charge in [-0.25, -0.2) is 4.79 Å². The molecule has 0 aliphatic carbocycles. The summed E-state index contributed by atoms with van der Waals surface area (Å²) in [6.07, 6.45) is 2.23. The maximum atomic E-state index is 12.4. The summed E-state index contributed by atoms with van der Waals surface area (Å²) in [4.78, 5) is 35.5. The van der Waals surface area contributed by atoms with E-state index in [1.807, 2.05) is 20.8 Å². The van der Waals surface area contributed by atoms with Crippen LogP contribution in [-0.2, 0) is 9.59 Å². The van der Waals surface area contributed by atoms with Gasteiger partial charge in [-0.05, 0) is 30.5 Å². The summed E-state index contributed by atoms with van der Waals surface area (Å²) in [7, 11) is 0. The molecule has 0 unspecified atom stereocenters. The number of nitrogens with one attached hydrogen (secondary N) is 2. The van der Waals surface area contributed by atoms with E-state index in [-0.39, 0.29) is 22.4 Å². The number of hydrogen-bond donors (Lipinski definition) is 3. The maximum Gasteiger partial charge on any atom is 0.326 e. The van der Waals surface area contributed by atoms with Crippen LogP contribution in [-0.4, -0.2) is 28.9 Å². The zero-order valence-electron chi connectivity index (χ0n) is 14.8. The van der Waals surface area contributed by atoms with E-state index >= 15 is 0 Å². The SMILES string of the molecule is CCCC[C@H](NC(=O)c1cc(NC(=O)CC(C)C)ccc1Cl)C(=O)O. The summed E-state index contributed by atoms with van der Waals surface area (Å²) >= 11 is 6.06. The first kappa shape index (κ1) is 21.0. The van der Waals surface area contributed by atoms with Crippen LogP contribution in [0.15, 0.2) is 18.2 Å². The number of carbonyl (C=O) groups is 3. The maximum absolute atomic E-state index is 12.4. The lowest BCUT2D eigenvalue weighted by Crippen LogP contribution is -2.40. The van der Waals surface area contributed by atoms with Gasteiger partial charge in [-0.1, -0.05) is 45.2 Å². The number of unbranched alkanes of at least 4 members (excludes halogenated alkanes) is 1. The lowest BCUT2D eigenvalue weighted by atomic mass is 10.1. The number of anilines is 1. The minimum absolute atomic E-state index is 0.131. The van der Waals surface area contributed by atoms with E-state index in [9.17, 15) is 19.5 Å². The minimum atomic E-state index is -1.08. The van der Waals surface area contributed by atoms with Crippen molar-refractivity contribution < 1.29 is 19.5 Å². The number of aliphatic carboxylic acids is 1. The second-order valence-electron chi connectivity index (χ2n) is 6.35. The van der Waals surface area contributed by atoms with E-state index in [1.54, 1.807) is 6.07 Å². The highest BCUT2D eigenvalue weighted by Gasteiger charge is 2.21. The Morgan fingerprint density at radius 3 is 2.48 bits per heavy atom. The fraction of sp³-hybridized carbons (Fsp3) is 0.500. The van der Waals surface area contributed by atoms with Crippen molar-refractivity contribution in [1.29, 1.82) is 0 Å².